The number of anilines is 1. The van der Waals surface area contributed by atoms with Crippen LogP contribution in [0.15, 0.2) is 66.7 Å². The van der Waals surface area contributed by atoms with E-state index in [4.69, 9.17) is 0 Å². The predicted octanol–water partition coefficient (Wildman–Crippen LogP) is 3.81. The van der Waals surface area contributed by atoms with Gasteiger partial charge in [-0.05, 0) is 48.9 Å². The summed E-state index contributed by atoms with van der Waals surface area (Å²) in [5, 5.41) is 5.04. The Hall–Kier alpha value is -4.14. The van der Waals surface area contributed by atoms with Crippen molar-refractivity contribution >= 4 is 23.4 Å². The fraction of sp³-hybridized carbons (Fsp3) is 0.160. The molecule has 0 aliphatic carbocycles. The number of rotatable bonds is 8. The van der Waals surface area contributed by atoms with Crippen molar-refractivity contribution in [2.24, 2.45) is 0 Å². The molecule has 3 aromatic rings. The van der Waals surface area contributed by atoms with Gasteiger partial charge in [0.05, 0.1) is 12.1 Å². The molecule has 0 aliphatic heterocycles. The van der Waals surface area contributed by atoms with E-state index in [0.717, 1.165) is 22.6 Å². The number of benzene rings is 3. The Bertz CT molecular complexity index is 1180. The van der Waals surface area contributed by atoms with Crippen molar-refractivity contribution in [2.75, 3.05) is 18.4 Å². The van der Waals surface area contributed by atoms with E-state index in [1.165, 1.54) is 24.3 Å². The Balaban J connectivity index is 1.67. The van der Waals surface area contributed by atoms with Crippen LogP contribution in [-0.4, -0.2) is 35.7 Å². The molecule has 0 saturated carbocycles. The number of halogens is 3. The van der Waals surface area contributed by atoms with Crippen molar-refractivity contribution < 1.29 is 27.6 Å². The van der Waals surface area contributed by atoms with Crippen LogP contribution in [0.1, 0.15) is 21.5 Å². The minimum Gasteiger partial charge on any atom is -0.345 e. The van der Waals surface area contributed by atoms with Gasteiger partial charge in [0, 0.05) is 18.3 Å². The number of carbonyl (C=O) groups is 3. The van der Waals surface area contributed by atoms with E-state index in [0.29, 0.717) is 17.3 Å². The maximum Gasteiger partial charge on any atom is 0.257 e. The topological polar surface area (TPSA) is 78.5 Å². The third-order valence-corrected chi connectivity index (χ3v) is 4.85. The van der Waals surface area contributed by atoms with Crippen LogP contribution in [-0.2, 0) is 16.1 Å². The zero-order chi connectivity index (χ0) is 24.7. The Labute approximate surface area is 194 Å². The van der Waals surface area contributed by atoms with E-state index in [2.05, 4.69) is 10.6 Å². The summed E-state index contributed by atoms with van der Waals surface area (Å²) in [6.45, 7) is 0.905. The van der Waals surface area contributed by atoms with Crippen LogP contribution in [0.3, 0.4) is 0 Å². The highest BCUT2D eigenvalue weighted by atomic mass is 19.1. The van der Waals surface area contributed by atoms with E-state index in [1.54, 1.807) is 12.1 Å². The average molecular weight is 469 g/mol. The zero-order valence-corrected chi connectivity index (χ0v) is 18.3. The lowest BCUT2D eigenvalue weighted by Gasteiger charge is -2.23. The standard InChI is InChI=1S/C25H22F3N3O3/c1-16-2-9-20(10-3-16)30-23(32)13-29-24(33)15-31(14-17-4-6-18(26)7-5-17)25(34)21-11-8-19(27)12-22(21)28/h2-12H,13-15H2,1H3,(H,29,33)(H,30,32). The lowest BCUT2D eigenvalue weighted by Crippen LogP contribution is -2.42. The van der Waals surface area contributed by atoms with Crippen LogP contribution in [0.5, 0.6) is 0 Å². The summed E-state index contributed by atoms with van der Waals surface area (Å²) in [7, 11) is 0. The van der Waals surface area contributed by atoms with Crippen molar-refractivity contribution in [3.05, 3.63) is 101 Å². The molecule has 0 aromatic heterocycles. The lowest BCUT2D eigenvalue weighted by molar-refractivity contribution is -0.124. The van der Waals surface area contributed by atoms with Crippen LogP contribution in [0, 0.1) is 24.4 Å². The monoisotopic (exact) mass is 469 g/mol. The van der Waals surface area contributed by atoms with Crippen LogP contribution < -0.4 is 10.6 Å². The second-order valence-electron chi connectivity index (χ2n) is 7.60. The quantitative estimate of drug-likeness (QED) is 0.527. The first kappa shape index (κ1) is 24.5. The summed E-state index contributed by atoms with van der Waals surface area (Å²) in [6.07, 6.45) is 0. The van der Waals surface area contributed by atoms with Gasteiger partial charge in [-0.3, -0.25) is 14.4 Å². The van der Waals surface area contributed by atoms with Gasteiger partial charge in [-0.15, -0.1) is 0 Å². The van der Waals surface area contributed by atoms with Crippen molar-refractivity contribution in [3.8, 4) is 0 Å². The second kappa shape index (κ2) is 11.1. The number of aryl methyl sites for hydroxylation is 1. The number of amides is 3. The SMILES string of the molecule is Cc1ccc(NC(=O)CNC(=O)CN(Cc2ccc(F)cc2)C(=O)c2ccc(F)cc2F)cc1. The molecule has 6 nitrogen and oxygen atoms in total. The Morgan fingerprint density at radius 3 is 2.12 bits per heavy atom. The third-order valence-electron chi connectivity index (χ3n) is 4.85. The smallest absolute Gasteiger partial charge is 0.257 e. The van der Waals surface area contributed by atoms with Gasteiger partial charge in [0.25, 0.3) is 5.91 Å². The molecule has 0 saturated heterocycles. The van der Waals surface area contributed by atoms with Crippen LogP contribution >= 0.6 is 0 Å². The molecule has 0 radical (unpaired) electrons. The van der Waals surface area contributed by atoms with Crippen LogP contribution in [0.4, 0.5) is 18.9 Å². The molecule has 0 heterocycles. The fourth-order valence-corrected chi connectivity index (χ4v) is 3.09. The van der Waals surface area contributed by atoms with Crippen molar-refractivity contribution in [1.29, 1.82) is 0 Å². The summed E-state index contributed by atoms with van der Waals surface area (Å²) in [6, 6.07) is 14.8. The molecule has 0 unspecified atom stereocenters. The van der Waals surface area contributed by atoms with Gasteiger partial charge in [0.1, 0.15) is 24.0 Å². The van der Waals surface area contributed by atoms with Crippen molar-refractivity contribution in [3.63, 3.8) is 0 Å². The fourth-order valence-electron chi connectivity index (χ4n) is 3.09. The molecule has 176 valence electrons. The largest absolute Gasteiger partial charge is 0.345 e. The first-order valence-corrected chi connectivity index (χ1v) is 10.3. The number of hydrogen-bond donors (Lipinski definition) is 2. The lowest BCUT2D eigenvalue weighted by atomic mass is 10.1. The number of nitrogens with one attached hydrogen (secondary N) is 2. The molecule has 0 bridgehead atoms. The molecule has 9 heteroatoms. The third kappa shape index (κ3) is 6.93. The second-order valence-corrected chi connectivity index (χ2v) is 7.60. The average Bonchev–Trinajstić information content (AvgIpc) is 2.80. The predicted molar refractivity (Wildman–Crippen MR) is 120 cm³/mol. The Morgan fingerprint density at radius 1 is 0.824 bits per heavy atom. The van der Waals surface area contributed by atoms with Crippen molar-refractivity contribution in [2.45, 2.75) is 13.5 Å². The van der Waals surface area contributed by atoms with Crippen molar-refractivity contribution in [1.82, 2.24) is 10.2 Å². The minimum atomic E-state index is -1.08. The summed E-state index contributed by atoms with van der Waals surface area (Å²) < 4.78 is 40.7. The first-order valence-electron chi connectivity index (χ1n) is 10.3. The maximum atomic E-state index is 14.2. The van der Waals surface area contributed by atoms with Crippen LogP contribution in [0.2, 0.25) is 0 Å². The van der Waals surface area contributed by atoms with Crippen LogP contribution in [0.25, 0.3) is 0 Å². The summed E-state index contributed by atoms with van der Waals surface area (Å²) >= 11 is 0. The van der Waals surface area contributed by atoms with E-state index < -0.39 is 47.3 Å². The minimum absolute atomic E-state index is 0.140. The van der Waals surface area contributed by atoms with Gasteiger partial charge < -0.3 is 15.5 Å². The van der Waals surface area contributed by atoms with E-state index in [9.17, 15) is 27.6 Å². The molecule has 0 atom stereocenters. The summed E-state index contributed by atoms with van der Waals surface area (Å²) in [4.78, 5) is 38.5. The molecule has 3 aromatic carbocycles. The normalized spacial score (nSPS) is 10.5. The Kier molecular flexibility index (Phi) is 8.02. The number of carbonyl (C=O) groups excluding carboxylic acids is 3. The molecular formula is C25H22F3N3O3. The summed E-state index contributed by atoms with van der Waals surface area (Å²) in [5.74, 6) is -4.41. The molecular weight excluding hydrogens is 447 g/mol. The molecule has 34 heavy (non-hydrogen) atoms. The van der Waals surface area contributed by atoms with Gasteiger partial charge in [-0.1, -0.05) is 29.8 Å². The molecule has 0 fully saturated rings. The van der Waals surface area contributed by atoms with Gasteiger partial charge in [0.2, 0.25) is 11.8 Å². The van der Waals surface area contributed by atoms with Gasteiger partial charge in [0.15, 0.2) is 0 Å². The highest BCUT2D eigenvalue weighted by Crippen LogP contribution is 2.15. The molecule has 0 spiro atoms. The maximum absolute atomic E-state index is 14.2. The summed E-state index contributed by atoms with van der Waals surface area (Å²) in [5.41, 5.74) is 1.65. The molecule has 3 amide bonds. The van der Waals surface area contributed by atoms with E-state index in [1.807, 2.05) is 19.1 Å². The first-order chi connectivity index (χ1) is 16.2. The molecule has 3 rings (SSSR count). The molecule has 0 aliphatic rings. The van der Waals surface area contributed by atoms with E-state index >= 15 is 0 Å². The number of hydrogen-bond acceptors (Lipinski definition) is 3. The van der Waals surface area contributed by atoms with Gasteiger partial charge in [-0.2, -0.15) is 0 Å². The molecule has 2 N–H and O–H groups in total. The highest BCUT2D eigenvalue weighted by molar-refractivity contribution is 5.98. The van der Waals surface area contributed by atoms with Gasteiger partial charge in [-0.25, -0.2) is 13.2 Å². The Morgan fingerprint density at radius 2 is 1.47 bits per heavy atom. The van der Waals surface area contributed by atoms with Gasteiger partial charge >= 0.3 is 0 Å². The number of nitrogens with zero attached hydrogens (tertiary/aromatic N) is 1. The zero-order valence-electron chi connectivity index (χ0n) is 18.3. The van der Waals surface area contributed by atoms with E-state index in [-0.39, 0.29) is 13.1 Å². The highest BCUT2D eigenvalue weighted by Gasteiger charge is 2.23.